The Morgan fingerprint density at radius 3 is 2.42 bits per heavy atom. The molecule has 98 valence electrons. The number of aryl methyl sites for hydroxylation is 3. The number of carbonyl (C=O) groups excluding carboxylic acids is 1. The number of anilines is 1. The topological polar surface area (TPSA) is 29.1 Å². The standard InChI is InChI=1S/C16H16ClNO/c1-10-4-5-11(2)14(8-10)16(19)18-15-9-13(17)7-6-12(15)3/h4-9H,1-3H3,(H,18,19). The van der Waals surface area contributed by atoms with E-state index < -0.39 is 0 Å². The fraction of sp³-hybridized carbons (Fsp3) is 0.188. The minimum Gasteiger partial charge on any atom is -0.322 e. The molecular weight excluding hydrogens is 258 g/mol. The Balaban J connectivity index is 2.30. The Morgan fingerprint density at radius 2 is 1.68 bits per heavy atom. The predicted octanol–water partition coefficient (Wildman–Crippen LogP) is 4.52. The first-order chi connectivity index (χ1) is 8.97. The summed E-state index contributed by atoms with van der Waals surface area (Å²) < 4.78 is 0. The van der Waals surface area contributed by atoms with E-state index in [9.17, 15) is 4.79 Å². The fourth-order valence-electron chi connectivity index (χ4n) is 1.90. The molecule has 0 aliphatic heterocycles. The Labute approximate surface area is 118 Å². The molecule has 0 bridgehead atoms. The number of hydrogen-bond donors (Lipinski definition) is 1. The second-order valence-electron chi connectivity index (χ2n) is 4.73. The third kappa shape index (κ3) is 3.15. The van der Waals surface area contributed by atoms with Gasteiger partial charge < -0.3 is 5.32 Å². The van der Waals surface area contributed by atoms with Crippen molar-refractivity contribution in [3.8, 4) is 0 Å². The molecule has 0 unspecified atom stereocenters. The first-order valence-electron chi connectivity index (χ1n) is 6.12. The number of carbonyl (C=O) groups is 1. The molecule has 0 fully saturated rings. The molecule has 0 saturated carbocycles. The average molecular weight is 274 g/mol. The maximum Gasteiger partial charge on any atom is 0.255 e. The summed E-state index contributed by atoms with van der Waals surface area (Å²) >= 11 is 5.95. The summed E-state index contributed by atoms with van der Waals surface area (Å²) in [7, 11) is 0. The zero-order valence-corrected chi connectivity index (χ0v) is 12.0. The van der Waals surface area contributed by atoms with Gasteiger partial charge in [-0.1, -0.05) is 35.4 Å². The van der Waals surface area contributed by atoms with Crippen LogP contribution in [0.4, 0.5) is 5.69 Å². The lowest BCUT2D eigenvalue weighted by molar-refractivity contribution is 0.102. The van der Waals surface area contributed by atoms with Crippen LogP contribution in [-0.4, -0.2) is 5.91 Å². The average Bonchev–Trinajstić information content (AvgIpc) is 2.36. The third-order valence-corrected chi connectivity index (χ3v) is 3.32. The second kappa shape index (κ2) is 5.45. The molecule has 0 aliphatic carbocycles. The highest BCUT2D eigenvalue weighted by Gasteiger charge is 2.11. The summed E-state index contributed by atoms with van der Waals surface area (Å²) in [5, 5.41) is 3.52. The van der Waals surface area contributed by atoms with Crippen LogP contribution in [0.15, 0.2) is 36.4 Å². The molecular formula is C16H16ClNO. The number of nitrogens with one attached hydrogen (secondary N) is 1. The van der Waals surface area contributed by atoms with Crippen LogP contribution in [0.25, 0.3) is 0 Å². The van der Waals surface area contributed by atoms with E-state index in [0.29, 0.717) is 10.6 Å². The lowest BCUT2D eigenvalue weighted by Crippen LogP contribution is -2.14. The Bertz CT molecular complexity index is 635. The van der Waals surface area contributed by atoms with Crippen LogP contribution in [-0.2, 0) is 0 Å². The predicted molar refractivity (Wildman–Crippen MR) is 80.1 cm³/mol. The van der Waals surface area contributed by atoms with Crippen molar-refractivity contribution in [2.24, 2.45) is 0 Å². The van der Waals surface area contributed by atoms with Crippen molar-refractivity contribution in [2.75, 3.05) is 5.32 Å². The summed E-state index contributed by atoms with van der Waals surface area (Å²) in [5.74, 6) is -0.105. The highest BCUT2D eigenvalue weighted by molar-refractivity contribution is 6.31. The van der Waals surface area contributed by atoms with Crippen LogP contribution >= 0.6 is 11.6 Å². The van der Waals surface area contributed by atoms with Crippen molar-refractivity contribution in [1.82, 2.24) is 0 Å². The summed E-state index contributed by atoms with van der Waals surface area (Å²) in [4.78, 5) is 12.3. The zero-order valence-electron chi connectivity index (χ0n) is 11.3. The summed E-state index contributed by atoms with van der Waals surface area (Å²) in [5.41, 5.74) is 4.46. The molecule has 0 aromatic heterocycles. The number of hydrogen-bond acceptors (Lipinski definition) is 1. The van der Waals surface area contributed by atoms with Gasteiger partial charge in [0.2, 0.25) is 0 Å². The van der Waals surface area contributed by atoms with Gasteiger partial charge in [-0.15, -0.1) is 0 Å². The van der Waals surface area contributed by atoms with Gasteiger partial charge >= 0.3 is 0 Å². The molecule has 0 spiro atoms. The van der Waals surface area contributed by atoms with Gasteiger partial charge in [-0.2, -0.15) is 0 Å². The fourth-order valence-corrected chi connectivity index (χ4v) is 2.07. The third-order valence-electron chi connectivity index (χ3n) is 3.09. The Hall–Kier alpha value is -1.80. The van der Waals surface area contributed by atoms with E-state index in [-0.39, 0.29) is 5.91 Å². The largest absolute Gasteiger partial charge is 0.322 e. The van der Waals surface area contributed by atoms with Crippen molar-refractivity contribution in [2.45, 2.75) is 20.8 Å². The molecule has 0 heterocycles. The molecule has 2 rings (SSSR count). The van der Waals surface area contributed by atoms with Crippen LogP contribution < -0.4 is 5.32 Å². The van der Waals surface area contributed by atoms with E-state index in [0.717, 1.165) is 22.4 Å². The number of rotatable bonds is 2. The van der Waals surface area contributed by atoms with Gasteiger partial charge in [-0.25, -0.2) is 0 Å². The molecule has 3 heteroatoms. The SMILES string of the molecule is Cc1ccc(C)c(C(=O)Nc2cc(Cl)ccc2C)c1. The first-order valence-corrected chi connectivity index (χ1v) is 6.50. The van der Waals surface area contributed by atoms with Gasteiger partial charge in [-0.3, -0.25) is 4.79 Å². The molecule has 2 nitrogen and oxygen atoms in total. The summed E-state index contributed by atoms with van der Waals surface area (Å²) in [6.45, 7) is 5.84. The van der Waals surface area contributed by atoms with Gasteiger partial charge in [0, 0.05) is 16.3 Å². The number of benzene rings is 2. The summed E-state index contributed by atoms with van der Waals surface area (Å²) in [6, 6.07) is 11.3. The van der Waals surface area contributed by atoms with Crippen molar-refractivity contribution in [3.63, 3.8) is 0 Å². The van der Waals surface area contributed by atoms with E-state index in [1.54, 1.807) is 6.07 Å². The molecule has 0 atom stereocenters. The lowest BCUT2D eigenvalue weighted by atomic mass is 10.0. The lowest BCUT2D eigenvalue weighted by Gasteiger charge is -2.11. The van der Waals surface area contributed by atoms with E-state index in [1.807, 2.05) is 51.1 Å². The number of halogens is 1. The highest BCUT2D eigenvalue weighted by atomic mass is 35.5. The van der Waals surface area contributed by atoms with Crippen LogP contribution in [0.3, 0.4) is 0 Å². The van der Waals surface area contributed by atoms with Crippen LogP contribution in [0.2, 0.25) is 5.02 Å². The highest BCUT2D eigenvalue weighted by Crippen LogP contribution is 2.21. The first kappa shape index (κ1) is 13.6. The monoisotopic (exact) mass is 273 g/mol. The Kier molecular flexibility index (Phi) is 3.91. The van der Waals surface area contributed by atoms with Gasteiger partial charge in [0.1, 0.15) is 0 Å². The van der Waals surface area contributed by atoms with Gasteiger partial charge in [-0.05, 0) is 50.1 Å². The second-order valence-corrected chi connectivity index (χ2v) is 5.17. The minimum atomic E-state index is -0.105. The normalized spacial score (nSPS) is 10.3. The maximum atomic E-state index is 12.3. The molecule has 1 amide bonds. The van der Waals surface area contributed by atoms with Crippen molar-refractivity contribution in [3.05, 3.63) is 63.7 Å². The zero-order chi connectivity index (χ0) is 14.0. The van der Waals surface area contributed by atoms with E-state index in [1.165, 1.54) is 0 Å². The molecule has 2 aromatic rings. The van der Waals surface area contributed by atoms with Crippen molar-refractivity contribution in [1.29, 1.82) is 0 Å². The molecule has 0 saturated heterocycles. The van der Waals surface area contributed by atoms with Crippen molar-refractivity contribution < 1.29 is 4.79 Å². The van der Waals surface area contributed by atoms with Crippen molar-refractivity contribution >= 4 is 23.2 Å². The van der Waals surface area contributed by atoms with Gasteiger partial charge in [0.05, 0.1) is 0 Å². The molecule has 19 heavy (non-hydrogen) atoms. The minimum absolute atomic E-state index is 0.105. The van der Waals surface area contributed by atoms with Crippen LogP contribution in [0, 0.1) is 20.8 Å². The molecule has 2 aromatic carbocycles. The van der Waals surface area contributed by atoms with Crippen LogP contribution in [0.5, 0.6) is 0 Å². The van der Waals surface area contributed by atoms with Gasteiger partial charge in [0.25, 0.3) is 5.91 Å². The number of amides is 1. The van der Waals surface area contributed by atoms with E-state index in [2.05, 4.69) is 5.32 Å². The quantitative estimate of drug-likeness (QED) is 0.856. The molecule has 0 radical (unpaired) electrons. The van der Waals surface area contributed by atoms with E-state index in [4.69, 9.17) is 11.6 Å². The van der Waals surface area contributed by atoms with Gasteiger partial charge in [0.15, 0.2) is 0 Å². The summed E-state index contributed by atoms with van der Waals surface area (Å²) in [6.07, 6.45) is 0. The Morgan fingerprint density at radius 1 is 1.00 bits per heavy atom. The van der Waals surface area contributed by atoms with E-state index >= 15 is 0 Å². The molecule has 0 aliphatic rings. The van der Waals surface area contributed by atoms with Crippen LogP contribution in [0.1, 0.15) is 27.0 Å². The maximum absolute atomic E-state index is 12.3. The smallest absolute Gasteiger partial charge is 0.255 e. The molecule has 1 N–H and O–H groups in total.